The van der Waals surface area contributed by atoms with Crippen molar-refractivity contribution in [1.29, 1.82) is 0 Å². The van der Waals surface area contributed by atoms with Gasteiger partial charge in [-0.25, -0.2) is 9.37 Å². The van der Waals surface area contributed by atoms with Crippen LogP contribution >= 0.6 is 0 Å². The number of ether oxygens (including phenoxy) is 1. The van der Waals surface area contributed by atoms with Crippen molar-refractivity contribution in [2.75, 3.05) is 44.2 Å². The Morgan fingerprint density at radius 1 is 1.30 bits per heavy atom. The van der Waals surface area contributed by atoms with Gasteiger partial charge in [-0.1, -0.05) is 0 Å². The van der Waals surface area contributed by atoms with Crippen LogP contribution < -0.4 is 15.5 Å². The van der Waals surface area contributed by atoms with Crippen molar-refractivity contribution in [1.82, 2.24) is 20.5 Å². The van der Waals surface area contributed by atoms with Crippen LogP contribution in [0, 0.1) is 5.82 Å². The fourth-order valence-corrected chi connectivity index (χ4v) is 4.24. The Kier molecular flexibility index (Phi) is 7.52. The number of pyridine rings is 1. The van der Waals surface area contributed by atoms with Gasteiger partial charge >= 0.3 is 0 Å². The molecule has 2 saturated heterocycles. The van der Waals surface area contributed by atoms with Crippen LogP contribution in [0.25, 0.3) is 0 Å². The zero-order chi connectivity index (χ0) is 21.7. The first kappa shape index (κ1) is 22.7. The third kappa shape index (κ3) is 5.82. The van der Waals surface area contributed by atoms with Crippen molar-refractivity contribution in [3.63, 3.8) is 0 Å². The minimum absolute atomic E-state index is 0.0621. The number of rotatable bonds is 6. The minimum atomic E-state index is -0.269. The maximum atomic E-state index is 14.1. The quantitative estimate of drug-likeness (QED) is 0.544. The highest BCUT2D eigenvalue weighted by atomic mass is 19.1. The molecule has 0 radical (unpaired) electrons. The molecule has 2 aliphatic rings. The van der Waals surface area contributed by atoms with E-state index in [1.165, 1.54) is 6.07 Å². The lowest BCUT2D eigenvalue weighted by atomic mass is 10.0. The van der Waals surface area contributed by atoms with Crippen molar-refractivity contribution in [2.24, 2.45) is 4.99 Å². The molecule has 3 heterocycles. The number of aliphatic imine (C=N–C) groups is 1. The Bertz CT molecular complexity index is 717. The molecular weight excluding hydrogens is 383 g/mol. The van der Waals surface area contributed by atoms with Crippen LogP contribution in [0.4, 0.5) is 10.2 Å². The Labute approximate surface area is 180 Å². The first-order valence-electron chi connectivity index (χ1n) is 11.1. The summed E-state index contributed by atoms with van der Waals surface area (Å²) < 4.78 is 19.9. The van der Waals surface area contributed by atoms with Gasteiger partial charge in [0, 0.05) is 50.5 Å². The van der Waals surface area contributed by atoms with E-state index in [0.717, 1.165) is 38.6 Å². The van der Waals surface area contributed by atoms with E-state index in [9.17, 15) is 4.39 Å². The predicted octanol–water partition coefficient (Wildman–Crippen LogP) is 2.24. The summed E-state index contributed by atoms with van der Waals surface area (Å²) in [5.74, 6) is 0.975. The number of morpholine rings is 1. The summed E-state index contributed by atoms with van der Waals surface area (Å²) in [5.41, 5.74) is -0.0621. The summed E-state index contributed by atoms with van der Waals surface area (Å²) in [7, 11) is 0. The summed E-state index contributed by atoms with van der Waals surface area (Å²) >= 11 is 0. The molecule has 2 N–H and O–H groups in total. The third-order valence-corrected chi connectivity index (χ3v) is 5.81. The van der Waals surface area contributed by atoms with Crippen LogP contribution in [0.5, 0.6) is 0 Å². The zero-order valence-corrected chi connectivity index (χ0v) is 19.0. The molecule has 0 aliphatic carbocycles. The van der Waals surface area contributed by atoms with Gasteiger partial charge in [0.05, 0.1) is 18.8 Å². The number of guanidine groups is 1. The summed E-state index contributed by atoms with van der Waals surface area (Å²) in [4.78, 5) is 13.6. The minimum Gasteiger partial charge on any atom is -0.373 e. The second-order valence-electron chi connectivity index (χ2n) is 9.05. The average molecular weight is 421 g/mol. The normalized spacial score (nSPS) is 26.1. The van der Waals surface area contributed by atoms with E-state index in [0.29, 0.717) is 18.9 Å². The van der Waals surface area contributed by atoms with Crippen molar-refractivity contribution >= 4 is 11.8 Å². The molecule has 3 unspecified atom stereocenters. The van der Waals surface area contributed by atoms with Gasteiger partial charge in [0.15, 0.2) is 17.6 Å². The molecule has 0 spiro atoms. The predicted molar refractivity (Wildman–Crippen MR) is 120 cm³/mol. The molecule has 0 amide bonds. The van der Waals surface area contributed by atoms with Crippen LogP contribution in [0.3, 0.4) is 0 Å². The topological polar surface area (TPSA) is 65.0 Å². The average Bonchev–Trinajstić information content (AvgIpc) is 3.14. The van der Waals surface area contributed by atoms with Gasteiger partial charge in [-0.05, 0) is 53.2 Å². The van der Waals surface area contributed by atoms with Gasteiger partial charge in [0.2, 0.25) is 0 Å². The van der Waals surface area contributed by atoms with Crippen LogP contribution in [-0.2, 0) is 4.74 Å². The van der Waals surface area contributed by atoms with E-state index in [1.807, 2.05) is 4.90 Å². The van der Waals surface area contributed by atoms with Gasteiger partial charge in [0.25, 0.3) is 0 Å². The van der Waals surface area contributed by atoms with Crippen molar-refractivity contribution in [3.05, 3.63) is 24.1 Å². The standard InChI is InChI=1S/C22H37FN6O/c1-6-24-21(26-15-22(4,5)29-12-16(2)30-17(3)13-29)27-18-9-11-28(14-18)20-19(23)8-7-10-25-20/h7-8,10,16-18H,6,9,11-15H2,1-5H3,(H2,24,26,27). The van der Waals surface area contributed by atoms with Crippen LogP contribution in [0.1, 0.15) is 41.0 Å². The van der Waals surface area contributed by atoms with E-state index in [-0.39, 0.29) is 29.6 Å². The fraction of sp³-hybridized carbons (Fsp3) is 0.727. The smallest absolute Gasteiger partial charge is 0.191 e. The second kappa shape index (κ2) is 9.92. The van der Waals surface area contributed by atoms with Gasteiger partial charge in [-0.2, -0.15) is 0 Å². The van der Waals surface area contributed by atoms with E-state index in [4.69, 9.17) is 9.73 Å². The maximum absolute atomic E-state index is 14.1. The fourth-order valence-electron chi connectivity index (χ4n) is 4.24. The third-order valence-electron chi connectivity index (χ3n) is 5.81. The lowest BCUT2D eigenvalue weighted by Gasteiger charge is -2.44. The zero-order valence-electron chi connectivity index (χ0n) is 19.0. The lowest BCUT2D eigenvalue weighted by molar-refractivity contribution is -0.0939. The Balaban J connectivity index is 1.60. The first-order chi connectivity index (χ1) is 14.3. The van der Waals surface area contributed by atoms with Crippen molar-refractivity contribution in [3.8, 4) is 0 Å². The van der Waals surface area contributed by atoms with Gasteiger partial charge in [-0.3, -0.25) is 9.89 Å². The van der Waals surface area contributed by atoms with E-state index in [2.05, 4.69) is 55.1 Å². The first-order valence-corrected chi connectivity index (χ1v) is 11.1. The van der Waals surface area contributed by atoms with E-state index < -0.39 is 0 Å². The van der Waals surface area contributed by atoms with Crippen LogP contribution in [0.15, 0.2) is 23.3 Å². The molecule has 0 bridgehead atoms. The van der Waals surface area contributed by atoms with E-state index >= 15 is 0 Å². The highest BCUT2D eigenvalue weighted by Crippen LogP contribution is 2.22. The Morgan fingerprint density at radius 3 is 2.70 bits per heavy atom. The molecule has 8 heteroatoms. The monoisotopic (exact) mass is 420 g/mol. The molecule has 7 nitrogen and oxygen atoms in total. The van der Waals surface area contributed by atoms with Crippen LogP contribution in [-0.4, -0.2) is 78.9 Å². The van der Waals surface area contributed by atoms with Crippen molar-refractivity contribution in [2.45, 2.75) is 64.8 Å². The molecule has 3 atom stereocenters. The van der Waals surface area contributed by atoms with Crippen molar-refractivity contribution < 1.29 is 9.13 Å². The number of aromatic nitrogens is 1. The molecule has 0 aromatic carbocycles. The summed E-state index contributed by atoms with van der Waals surface area (Å²) in [5, 5.41) is 6.89. The second-order valence-corrected chi connectivity index (χ2v) is 9.05. The molecular formula is C22H37FN6O. The van der Waals surface area contributed by atoms with Gasteiger partial charge in [0.1, 0.15) is 0 Å². The molecule has 2 fully saturated rings. The number of anilines is 1. The summed E-state index contributed by atoms with van der Waals surface area (Å²) in [6, 6.07) is 3.29. The Morgan fingerprint density at radius 2 is 2.03 bits per heavy atom. The number of hydrogen-bond donors (Lipinski definition) is 2. The van der Waals surface area contributed by atoms with Crippen LogP contribution in [0.2, 0.25) is 0 Å². The highest BCUT2D eigenvalue weighted by Gasteiger charge is 2.33. The molecule has 2 aliphatic heterocycles. The lowest BCUT2D eigenvalue weighted by Crippen LogP contribution is -2.56. The molecule has 168 valence electrons. The summed E-state index contributed by atoms with van der Waals surface area (Å²) in [6.45, 7) is 15.6. The molecule has 1 aromatic rings. The summed E-state index contributed by atoms with van der Waals surface area (Å²) in [6.07, 6.45) is 3.03. The maximum Gasteiger partial charge on any atom is 0.191 e. The van der Waals surface area contributed by atoms with Gasteiger partial charge < -0.3 is 20.3 Å². The SMILES string of the molecule is CCNC(=NCC(C)(C)N1CC(C)OC(C)C1)NC1CCN(c2ncccc2F)C1. The molecule has 0 saturated carbocycles. The number of nitrogens with zero attached hydrogens (tertiary/aromatic N) is 4. The highest BCUT2D eigenvalue weighted by molar-refractivity contribution is 5.80. The van der Waals surface area contributed by atoms with Gasteiger partial charge in [-0.15, -0.1) is 0 Å². The molecule has 30 heavy (non-hydrogen) atoms. The molecule has 3 rings (SSSR count). The number of halogens is 1. The largest absolute Gasteiger partial charge is 0.373 e. The molecule has 1 aromatic heterocycles. The number of nitrogens with one attached hydrogen (secondary N) is 2. The van der Waals surface area contributed by atoms with E-state index in [1.54, 1.807) is 12.3 Å². The number of hydrogen-bond acceptors (Lipinski definition) is 5. The Hall–Kier alpha value is -1.93.